The van der Waals surface area contributed by atoms with Crippen LogP contribution in [0, 0.1) is 0 Å². The van der Waals surface area contributed by atoms with Crippen molar-refractivity contribution in [2.45, 2.75) is 44.6 Å². The molecule has 0 aliphatic heterocycles. The highest BCUT2D eigenvalue weighted by atomic mass is 127. The molecule has 0 heterocycles. The topological polar surface area (TPSA) is 0 Å². The van der Waals surface area contributed by atoms with Crippen LogP contribution in [0.1, 0.15) is 29.2 Å². The molecule has 0 N–H and O–H groups in total. The summed E-state index contributed by atoms with van der Waals surface area (Å²) >= 11 is 0. The molecular formula is C16H28INSi. The molecule has 0 radical (unpaired) electrons. The lowest BCUT2D eigenvalue weighted by Gasteiger charge is -2.33. The predicted octanol–water partition coefficient (Wildman–Crippen LogP) is 0.804. The van der Waals surface area contributed by atoms with Gasteiger partial charge in [-0.1, -0.05) is 37.8 Å². The molecule has 3 heteroatoms. The Morgan fingerprint density at radius 1 is 1.16 bits per heavy atom. The van der Waals surface area contributed by atoms with Crippen molar-refractivity contribution in [1.29, 1.82) is 0 Å². The van der Waals surface area contributed by atoms with Crippen molar-refractivity contribution in [3.8, 4) is 0 Å². The Morgan fingerprint density at radius 3 is 2.32 bits per heavy atom. The number of benzene rings is 1. The number of hydrogen-bond donors (Lipinski definition) is 0. The Kier molecular flexibility index (Phi) is 5.30. The first-order valence-corrected chi connectivity index (χ1v) is 10.8. The van der Waals surface area contributed by atoms with Crippen LogP contribution in [0.4, 0.5) is 0 Å². The van der Waals surface area contributed by atoms with E-state index in [9.17, 15) is 0 Å². The second kappa shape index (κ2) is 5.86. The lowest BCUT2D eigenvalue weighted by Crippen LogP contribution is -3.00. The number of halogens is 1. The van der Waals surface area contributed by atoms with Crippen LogP contribution in [-0.4, -0.2) is 33.7 Å². The van der Waals surface area contributed by atoms with Crippen molar-refractivity contribution in [2.75, 3.05) is 21.1 Å². The van der Waals surface area contributed by atoms with Gasteiger partial charge in [0.2, 0.25) is 0 Å². The summed E-state index contributed by atoms with van der Waals surface area (Å²) in [5.74, 6) is 0. The number of aryl methyl sites for hydroxylation is 1. The molecule has 108 valence electrons. The lowest BCUT2D eigenvalue weighted by molar-refractivity contribution is -0.901. The molecule has 1 aromatic rings. The van der Waals surface area contributed by atoms with E-state index in [0.29, 0.717) is 6.04 Å². The SMILES string of the molecule is C[N+](C)(C)C1CCc2cccc(C[Si](C)(C)C)c21.[I-]. The van der Waals surface area contributed by atoms with Gasteiger partial charge in [0.05, 0.1) is 21.1 Å². The summed E-state index contributed by atoms with van der Waals surface area (Å²) in [7, 11) is 5.98. The molecule has 0 saturated carbocycles. The Labute approximate surface area is 137 Å². The van der Waals surface area contributed by atoms with Gasteiger partial charge >= 0.3 is 0 Å². The lowest BCUT2D eigenvalue weighted by atomic mass is 10.0. The van der Waals surface area contributed by atoms with Crippen LogP contribution >= 0.6 is 0 Å². The highest BCUT2D eigenvalue weighted by molar-refractivity contribution is 6.75. The highest BCUT2D eigenvalue weighted by Crippen LogP contribution is 2.40. The zero-order valence-corrected chi connectivity index (χ0v) is 16.4. The third-order valence-corrected chi connectivity index (χ3v) is 5.40. The van der Waals surface area contributed by atoms with Crippen molar-refractivity contribution >= 4 is 8.07 Å². The molecule has 1 aromatic carbocycles. The van der Waals surface area contributed by atoms with Gasteiger partial charge in [0, 0.05) is 20.1 Å². The number of hydrogen-bond acceptors (Lipinski definition) is 0. The minimum atomic E-state index is -1.04. The molecule has 0 saturated heterocycles. The van der Waals surface area contributed by atoms with Gasteiger partial charge in [-0.05, 0) is 23.6 Å². The minimum absolute atomic E-state index is 0. The second-order valence-corrected chi connectivity index (χ2v) is 13.4. The average Bonchev–Trinajstić information content (AvgIpc) is 2.58. The smallest absolute Gasteiger partial charge is 0.115 e. The fourth-order valence-electron chi connectivity index (χ4n) is 3.25. The van der Waals surface area contributed by atoms with Crippen molar-refractivity contribution in [2.24, 2.45) is 0 Å². The number of quaternary nitrogens is 1. The Balaban J connectivity index is 0.00000180. The van der Waals surface area contributed by atoms with Crippen molar-refractivity contribution in [3.63, 3.8) is 0 Å². The molecule has 1 atom stereocenters. The summed E-state index contributed by atoms with van der Waals surface area (Å²) in [6.07, 6.45) is 2.59. The summed E-state index contributed by atoms with van der Waals surface area (Å²) < 4.78 is 1.07. The van der Waals surface area contributed by atoms with Gasteiger partial charge in [0.25, 0.3) is 0 Å². The molecule has 0 amide bonds. The molecule has 1 unspecified atom stereocenters. The molecular weight excluding hydrogens is 361 g/mol. The van der Waals surface area contributed by atoms with Crippen LogP contribution in [0.5, 0.6) is 0 Å². The van der Waals surface area contributed by atoms with Gasteiger partial charge in [-0.25, -0.2) is 0 Å². The summed E-state index contributed by atoms with van der Waals surface area (Å²) in [5, 5.41) is 0. The van der Waals surface area contributed by atoms with Gasteiger partial charge in [-0.3, -0.25) is 0 Å². The summed E-state index contributed by atoms with van der Waals surface area (Å²) in [6.45, 7) is 7.42. The largest absolute Gasteiger partial charge is 1.00 e. The number of nitrogens with zero attached hydrogens (tertiary/aromatic N) is 1. The van der Waals surface area contributed by atoms with E-state index in [0.717, 1.165) is 4.48 Å². The van der Waals surface area contributed by atoms with E-state index in [4.69, 9.17) is 0 Å². The monoisotopic (exact) mass is 389 g/mol. The van der Waals surface area contributed by atoms with Crippen LogP contribution in [-0.2, 0) is 12.5 Å². The van der Waals surface area contributed by atoms with Crippen molar-refractivity contribution < 1.29 is 28.5 Å². The number of fused-ring (bicyclic) bond motifs is 1. The summed E-state index contributed by atoms with van der Waals surface area (Å²) in [6, 6.07) is 9.02. The Morgan fingerprint density at radius 2 is 1.79 bits per heavy atom. The average molecular weight is 389 g/mol. The maximum absolute atomic E-state index is 2.47. The maximum atomic E-state index is 2.47. The quantitative estimate of drug-likeness (QED) is 0.408. The third kappa shape index (κ3) is 4.05. The van der Waals surface area contributed by atoms with E-state index in [1.807, 2.05) is 0 Å². The molecule has 19 heavy (non-hydrogen) atoms. The zero-order chi connectivity index (χ0) is 13.6. The molecule has 0 bridgehead atoms. The molecule has 1 nitrogen and oxygen atoms in total. The standard InChI is InChI=1S/C16H28NSi.HI/c1-17(2,3)15-11-10-13-8-7-9-14(16(13)15)12-18(4,5)6;/h7-9,15H,10-12H2,1-6H3;1H/q+1;/p-1. The minimum Gasteiger partial charge on any atom is -1.00 e. The Hall–Kier alpha value is 0.127. The van der Waals surface area contributed by atoms with Crippen molar-refractivity contribution in [1.82, 2.24) is 0 Å². The predicted molar refractivity (Wildman–Crippen MR) is 82.6 cm³/mol. The summed E-state index contributed by atoms with van der Waals surface area (Å²) in [4.78, 5) is 0. The van der Waals surface area contributed by atoms with E-state index in [1.54, 1.807) is 16.7 Å². The normalized spacial score (nSPS) is 18.9. The first-order chi connectivity index (χ1) is 8.18. The maximum Gasteiger partial charge on any atom is 0.115 e. The van der Waals surface area contributed by atoms with Gasteiger partial charge in [0.15, 0.2) is 0 Å². The van der Waals surface area contributed by atoms with Gasteiger partial charge in [-0.15, -0.1) is 0 Å². The van der Waals surface area contributed by atoms with Crippen LogP contribution in [0.25, 0.3) is 0 Å². The van der Waals surface area contributed by atoms with Crippen LogP contribution in [0.2, 0.25) is 19.6 Å². The van der Waals surface area contributed by atoms with Crippen LogP contribution in [0.3, 0.4) is 0 Å². The molecule has 0 spiro atoms. The van der Waals surface area contributed by atoms with Crippen LogP contribution < -0.4 is 24.0 Å². The fraction of sp³-hybridized carbons (Fsp3) is 0.625. The molecule has 2 rings (SSSR count). The van der Waals surface area contributed by atoms with Crippen LogP contribution in [0.15, 0.2) is 18.2 Å². The fourth-order valence-corrected chi connectivity index (χ4v) is 4.70. The number of rotatable bonds is 3. The second-order valence-electron chi connectivity index (χ2n) is 7.90. The van der Waals surface area contributed by atoms with Gasteiger partial charge in [-0.2, -0.15) is 0 Å². The molecule has 1 aliphatic carbocycles. The molecule has 1 aliphatic rings. The van der Waals surface area contributed by atoms with E-state index < -0.39 is 8.07 Å². The summed E-state index contributed by atoms with van der Waals surface area (Å²) in [5.41, 5.74) is 4.94. The van der Waals surface area contributed by atoms with Crippen molar-refractivity contribution in [3.05, 3.63) is 34.9 Å². The van der Waals surface area contributed by atoms with Gasteiger partial charge < -0.3 is 28.5 Å². The van der Waals surface area contributed by atoms with E-state index >= 15 is 0 Å². The molecule has 0 fully saturated rings. The molecule has 0 aromatic heterocycles. The Bertz CT molecular complexity index is 443. The van der Waals surface area contributed by atoms with E-state index in [-0.39, 0.29) is 24.0 Å². The first-order valence-electron chi connectivity index (χ1n) is 7.10. The first kappa shape index (κ1) is 17.2. The van der Waals surface area contributed by atoms with E-state index in [1.165, 1.54) is 18.9 Å². The van der Waals surface area contributed by atoms with E-state index in [2.05, 4.69) is 59.0 Å². The van der Waals surface area contributed by atoms with Gasteiger partial charge in [0.1, 0.15) is 6.04 Å². The highest BCUT2D eigenvalue weighted by Gasteiger charge is 2.35. The zero-order valence-electron chi connectivity index (χ0n) is 13.3. The third-order valence-electron chi connectivity index (χ3n) is 3.96.